The first-order valence-electron chi connectivity index (χ1n) is 12.3. The molecule has 1 aromatic heterocycles. The molecule has 2 saturated heterocycles. The molecule has 6 rings (SSSR count). The number of amides is 1. The molecule has 3 atom stereocenters. The Labute approximate surface area is 199 Å². The predicted octanol–water partition coefficient (Wildman–Crippen LogP) is 3.53. The zero-order valence-corrected chi connectivity index (χ0v) is 19.4. The monoisotopic (exact) mass is 458 g/mol. The average Bonchev–Trinajstić information content (AvgIpc) is 3.36. The Morgan fingerprint density at radius 2 is 1.79 bits per heavy atom. The van der Waals surface area contributed by atoms with Crippen molar-refractivity contribution in [3.8, 4) is 17.1 Å². The minimum absolute atomic E-state index is 0.111. The molecule has 0 bridgehead atoms. The highest BCUT2D eigenvalue weighted by atomic mass is 16.5. The molecule has 3 aliphatic rings. The van der Waals surface area contributed by atoms with Gasteiger partial charge in [0, 0.05) is 30.1 Å². The fourth-order valence-corrected chi connectivity index (χ4v) is 5.69. The van der Waals surface area contributed by atoms with E-state index in [0.717, 1.165) is 61.4 Å². The third kappa shape index (κ3) is 4.03. The highest BCUT2D eigenvalue weighted by Crippen LogP contribution is 2.39. The number of carbonyl (C=O) groups excluding carboxylic acids is 1. The zero-order valence-electron chi connectivity index (χ0n) is 19.4. The number of aromatic nitrogens is 2. The average molecular weight is 459 g/mol. The van der Waals surface area contributed by atoms with E-state index in [9.17, 15) is 4.79 Å². The Hall–Kier alpha value is -3.03. The van der Waals surface area contributed by atoms with Crippen LogP contribution in [0.4, 0.5) is 0 Å². The first-order valence-corrected chi connectivity index (χ1v) is 12.3. The summed E-state index contributed by atoms with van der Waals surface area (Å²) >= 11 is 0. The number of rotatable bonds is 6. The molecule has 1 N–H and O–H groups in total. The molecule has 7 nitrogen and oxygen atoms in total. The number of fused-ring (bicyclic) bond motifs is 2. The third-order valence-corrected chi connectivity index (χ3v) is 7.49. The maximum absolute atomic E-state index is 13.4. The van der Waals surface area contributed by atoms with Gasteiger partial charge >= 0.3 is 0 Å². The van der Waals surface area contributed by atoms with Gasteiger partial charge in [-0.3, -0.25) is 9.69 Å². The lowest BCUT2D eigenvalue weighted by Gasteiger charge is -2.35. The van der Waals surface area contributed by atoms with Crippen LogP contribution in [0.25, 0.3) is 22.3 Å². The number of hydrogen-bond acceptors (Lipinski definition) is 6. The molecule has 2 aliphatic heterocycles. The lowest BCUT2D eigenvalue weighted by atomic mass is 10.0. The minimum Gasteiger partial charge on any atom is -0.494 e. The zero-order chi connectivity index (χ0) is 23.1. The van der Waals surface area contributed by atoms with Crippen LogP contribution in [0.3, 0.4) is 0 Å². The largest absolute Gasteiger partial charge is 0.494 e. The van der Waals surface area contributed by atoms with E-state index < -0.39 is 0 Å². The molecule has 34 heavy (non-hydrogen) atoms. The summed E-state index contributed by atoms with van der Waals surface area (Å²) in [5.74, 6) is 2.56. The van der Waals surface area contributed by atoms with Gasteiger partial charge in [-0.15, -0.1) is 0 Å². The van der Waals surface area contributed by atoms with E-state index in [1.54, 1.807) is 0 Å². The van der Waals surface area contributed by atoms with Gasteiger partial charge < -0.3 is 14.8 Å². The molecule has 0 spiro atoms. The van der Waals surface area contributed by atoms with E-state index in [2.05, 4.69) is 10.2 Å². The fourth-order valence-electron chi connectivity index (χ4n) is 5.69. The van der Waals surface area contributed by atoms with E-state index in [1.165, 1.54) is 0 Å². The van der Waals surface area contributed by atoms with Gasteiger partial charge in [0.05, 0.1) is 31.4 Å². The van der Waals surface area contributed by atoms with Gasteiger partial charge in [0.25, 0.3) is 5.91 Å². The molecule has 1 aliphatic carbocycles. The van der Waals surface area contributed by atoms with Crippen LogP contribution in [-0.4, -0.2) is 65.8 Å². The second-order valence-electron chi connectivity index (χ2n) is 9.68. The second-order valence-corrected chi connectivity index (χ2v) is 9.68. The summed E-state index contributed by atoms with van der Waals surface area (Å²) in [7, 11) is 0. The molecule has 3 fully saturated rings. The summed E-state index contributed by atoms with van der Waals surface area (Å²) in [4.78, 5) is 25.5. The van der Waals surface area contributed by atoms with Crippen LogP contribution in [-0.2, 0) is 4.74 Å². The standard InChI is InChI=1S/C27H30N4O3/c1-2-34-22-9-7-17(8-10-22)26-29-24-6-4-3-5-23(24)25(30-26)27(32)28-20-11-18-13-31(14-19(18)12-20)21-15-33-16-21/h3-10,18-21H,2,11-16H2,1H3,(H,28,32)/t18-,19+,20?. The lowest BCUT2D eigenvalue weighted by molar-refractivity contribution is -0.0595. The summed E-state index contributed by atoms with van der Waals surface area (Å²) in [6.45, 7) is 6.58. The number of para-hydroxylation sites is 1. The number of likely N-dealkylation sites (tertiary alicyclic amines) is 1. The van der Waals surface area contributed by atoms with Gasteiger partial charge in [0.15, 0.2) is 5.82 Å². The predicted molar refractivity (Wildman–Crippen MR) is 130 cm³/mol. The van der Waals surface area contributed by atoms with Crippen molar-refractivity contribution in [1.29, 1.82) is 0 Å². The molecule has 3 aromatic rings. The molecule has 0 radical (unpaired) electrons. The number of hydrogen-bond donors (Lipinski definition) is 1. The smallest absolute Gasteiger partial charge is 0.270 e. The maximum atomic E-state index is 13.4. The Balaban J connectivity index is 1.21. The Morgan fingerprint density at radius 3 is 2.47 bits per heavy atom. The summed E-state index contributed by atoms with van der Waals surface area (Å²) in [5, 5.41) is 4.08. The molecule has 1 amide bonds. The van der Waals surface area contributed by atoms with Crippen molar-refractivity contribution in [2.45, 2.75) is 31.8 Å². The van der Waals surface area contributed by atoms with Crippen LogP contribution in [0.1, 0.15) is 30.3 Å². The van der Waals surface area contributed by atoms with Crippen molar-refractivity contribution in [2.75, 3.05) is 32.9 Å². The van der Waals surface area contributed by atoms with Crippen molar-refractivity contribution >= 4 is 16.8 Å². The van der Waals surface area contributed by atoms with E-state index in [1.807, 2.05) is 55.5 Å². The number of nitrogens with one attached hydrogen (secondary N) is 1. The molecule has 176 valence electrons. The van der Waals surface area contributed by atoms with Gasteiger partial charge in [0.1, 0.15) is 11.4 Å². The maximum Gasteiger partial charge on any atom is 0.270 e. The van der Waals surface area contributed by atoms with Gasteiger partial charge in [-0.2, -0.15) is 0 Å². The van der Waals surface area contributed by atoms with Crippen molar-refractivity contribution in [3.05, 3.63) is 54.2 Å². The quantitative estimate of drug-likeness (QED) is 0.609. The summed E-state index contributed by atoms with van der Waals surface area (Å²) in [6, 6.07) is 16.2. The van der Waals surface area contributed by atoms with Crippen LogP contribution in [0.5, 0.6) is 5.75 Å². The van der Waals surface area contributed by atoms with Crippen molar-refractivity contribution in [1.82, 2.24) is 20.2 Å². The highest BCUT2D eigenvalue weighted by molar-refractivity contribution is 6.05. The number of nitrogens with zero attached hydrogens (tertiary/aromatic N) is 3. The fraction of sp³-hybridized carbons (Fsp3) is 0.444. The van der Waals surface area contributed by atoms with Gasteiger partial charge in [-0.25, -0.2) is 9.97 Å². The normalized spacial score (nSPS) is 24.7. The van der Waals surface area contributed by atoms with E-state index >= 15 is 0 Å². The second kappa shape index (κ2) is 8.96. The minimum atomic E-state index is -0.111. The van der Waals surface area contributed by atoms with Crippen LogP contribution in [0, 0.1) is 11.8 Å². The van der Waals surface area contributed by atoms with Crippen molar-refractivity contribution in [2.24, 2.45) is 11.8 Å². The van der Waals surface area contributed by atoms with Gasteiger partial charge in [-0.05, 0) is 61.9 Å². The number of ether oxygens (including phenoxy) is 2. The van der Waals surface area contributed by atoms with Gasteiger partial charge in [-0.1, -0.05) is 18.2 Å². The van der Waals surface area contributed by atoms with Crippen molar-refractivity contribution < 1.29 is 14.3 Å². The number of carbonyl (C=O) groups is 1. The lowest BCUT2D eigenvalue weighted by Crippen LogP contribution is -2.48. The Morgan fingerprint density at radius 1 is 1.06 bits per heavy atom. The molecule has 2 aromatic carbocycles. The molecule has 7 heteroatoms. The Bertz CT molecular complexity index is 1180. The molecule has 1 unspecified atom stereocenters. The molecule has 1 saturated carbocycles. The van der Waals surface area contributed by atoms with E-state index in [0.29, 0.717) is 36.0 Å². The molecule has 3 heterocycles. The number of benzene rings is 2. The highest BCUT2D eigenvalue weighted by Gasteiger charge is 2.44. The Kier molecular flexibility index (Phi) is 5.67. The third-order valence-electron chi connectivity index (χ3n) is 7.49. The molecular weight excluding hydrogens is 428 g/mol. The topological polar surface area (TPSA) is 76.6 Å². The SMILES string of the molecule is CCOc1ccc(-c2nc(C(=O)NC3C[C@@H]4CN(C5COC5)C[C@@H]4C3)c3ccccc3n2)cc1. The van der Waals surface area contributed by atoms with E-state index in [-0.39, 0.29) is 11.9 Å². The summed E-state index contributed by atoms with van der Waals surface area (Å²) in [6.07, 6.45) is 2.07. The summed E-state index contributed by atoms with van der Waals surface area (Å²) in [5.41, 5.74) is 2.08. The first-order chi connectivity index (χ1) is 16.7. The van der Waals surface area contributed by atoms with Crippen molar-refractivity contribution in [3.63, 3.8) is 0 Å². The van der Waals surface area contributed by atoms with Crippen LogP contribution in [0.2, 0.25) is 0 Å². The van der Waals surface area contributed by atoms with Crippen LogP contribution in [0.15, 0.2) is 48.5 Å². The van der Waals surface area contributed by atoms with Gasteiger partial charge in [0.2, 0.25) is 0 Å². The summed E-state index contributed by atoms with van der Waals surface area (Å²) < 4.78 is 10.9. The van der Waals surface area contributed by atoms with E-state index in [4.69, 9.17) is 19.4 Å². The molecular formula is C27H30N4O3. The first kappa shape index (κ1) is 21.5. The van der Waals surface area contributed by atoms with Crippen LogP contribution < -0.4 is 10.1 Å². The van der Waals surface area contributed by atoms with Crippen LogP contribution >= 0.6 is 0 Å².